The molecule has 1 N–H and O–H groups in total. The normalized spacial score (nSPS) is 18.7. The van der Waals surface area contributed by atoms with E-state index in [1.807, 2.05) is 12.1 Å². The van der Waals surface area contributed by atoms with E-state index < -0.39 is 21.1 Å². The SMILES string of the molecule is CC(C)Cc1nc2c(cnn2[C@@H]2CCNC[C@H]2S(C)(=O)=O)c(-c2ccc3c(c2)OCC(=O)N3Cc2ncc(Cl)cn2)c1C#N. The van der Waals surface area contributed by atoms with E-state index in [0.717, 1.165) is 0 Å². The Kier molecular flexibility index (Phi) is 8.00. The van der Waals surface area contributed by atoms with Crippen molar-refractivity contribution in [2.24, 2.45) is 5.92 Å². The lowest BCUT2D eigenvalue weighted by atomic mass is 9.93. The van der Waals surface area contributed by atoms with Crippen molar-refractivity contribution in [1.82, 2.24) is 30.0 Å². The second kappa shape index (κ2) is 11.8. The highest BCUT2D eigenvalue weighted by molar-refractivity contribution is 7.91. The van der Waals surface area contributed by atoms with E-state index in [1.165, 1.54) is 18.6 Å². The number of rotatable bonds is 7. The molecule has 1 aromatic carbocycles. The molecule has 0 spiro atoms. The van der Waals surface area contributed by atoms with Gasteiger partial charge >= 0.3 is 0 Å². The zero-order valence-corrected chi connectivity index (χ0v) is 26.1. The molecule has 6 rings (SSSR count). The molecule has 228 valence electrons. The van der Waals surface area contributed by atoms with Gasteiger partial charge in [-0.05, 0) is 43.0 Å². The van der Waals surface area contributed by atoms with Gasteiger partial charge in [-0.2, -0.15) is 10.4 Å². The monoisotopic (exact) mass is 634 g/mol. The standard InChI is InChI=1S/C30H31ClN8O4S/c1-17(2)8-22-20(10-32)29(21-13-36-39(30(21)37-22)24-6-7-33-14-26(24)44(3,41)42)18-4-5-23-25(9-18)43-16-28(40)38(23)15-27-34-11-19(31)12-35-27/h4-5,9,11-13,17,24,26,33H,6-8,14-16H2,1-3H3/t24-,26-/m1/s1. The van der Waals surface area contributed by atoms with Crippen LogP contribution in [0.15, 0.2) is 36.8 Å². The van der Waals surface area contributed by atoms with Crippen LogP contribution in [0.1, 0.15) is 43.4 Å². The van der Waals surface area contributed by atoms with Crippen LogP contribution in [0.5, 0.6) is 5.75 Å². The molecule has 0 saturated carbocycles. The molecule has 12 nitrogen and oxygen atoms in total. The molecule has 1 fully saturated rings. The molecule has 14 heteroatoms. The largest absolute Gasteiger partial charge is 0.482 e. The van der Waals surface area contributed by atoms with Gasteiger partial charge in [0.2, 0.25) is 0 Å². The van der Waals surface area contributed by atoms with E-state index in [4.69, 9.17) is 21.3 Å². The van der Waals surface area contributed by atoms with Gasteiger partial charge in [0, 0.05) is 36.1 Å². The van der Waals surface area contributed by atoms with Gasteiger partial charge in [0.05, 0.1) is 46.0 Å². The number of anilines is 1. The minimum atomic E-state index is -3.39. The van der Waals surface area contributed by atoms with Gasteiger partial charge in [-0.25, -0.2) is 28.1 Å². The van der Waals surface area contributed by atoms with Crippen LogP contribution in [0.2, 0.25) is 5.02 Å². The number of amides is 1. The highest BCUT2D eigenvalue weighted by Gasteiger charge is 2.36. The summed E-state index contributed by atoms with van der Waals surface area (Å²) in [6, 6.07) is 7.40. The number of halogens is 1. The number of carbonyl (C=O) groups is 1. The summed E-state index contributed by atoms with van der Waals surface area (Å²) in [5.74, 6) is 0.868. The molecular weight excluding hydrogens is 604 g/mol. The van der Waals surface area contributed by atoms with Crippen LogP contribution < -0.4 is 15.0 Å². The second-order valence-electron chi connectivity index (χ2n) is 11.5. The van der Waals surface area contributed by atoms with E-state index in [2.05, 4.69) is 40.3 Å². The number of aromatic nitrogens is 5. The average Bonchev–Trinajstić information content (AvgIpc) is 3.41. The van der Waals surface area contributed by atoms with E-state index in [-0.39, 0.29) is 25.0 Å². The van der Waals surface area contributed by atoms with Crippen LogP contribution in [0.4, 0.5) is 5.69 Å². The van der Waals surface area contributed by atoms with E-state index in [0.29, 0.717) is 81.6 Å². The Bertz CT molecular complexity index is 1900. The number of benzene rings is 1. The van der Waals surface area contributed by atoms with Crippen LogP contribution in [-0.2, 0) is 27.6 Å². The molecule has 1 saturated heterocycles. The molecule has 0 unspecified atom stereocenters. The number of piperidine rings is 1. The summed E-state index contributed by atoms with van der Waals surface area (Å²) in [4.78, 5) is 27.8. The quantitative estimate of drug-likeness (QED) is 0.319. The first-order valence-corrected chi connectivity index (χ1v) is 16.6. The number of pyridine rings is 1. The minimum Gasteiger partial charge on any atom is -0.482 e. The van der Waals surface area contributed by atoms with Crippen molar-refractivity contribution in [3.8, 4) is 22.9 Å². The first-order chi connectivity index (χ1) is 21.0. The summed E-state index contributed by atoms with van der Waals surface area (Å²) >= 11 is 5.93. The molecule has 5 heterocycles. The Morgan fingerprint density at radius 3 is 2.70 bits per heavy atom. The Morgan fingerprint density at radius 1 is 1.23 bits per heavy atom. The number of carbonyl (C=O) groups excluding carboxylic acids is 1. The predicted molar refractivity (Wildman–Crippen MR) is 165 cm³/mol. The topological polar surface area (TPSA) is 156 Å². The highest BCUT2D eigenvalue weighted by atomic mass is 35.5. The van der Waals surface area contributed by atoms with Crippen molar-refractivity contribution < 1.29 is 17.9 Å². The summed E-state index contributed by atoms with van der Waals surface area (Å²) in [5, 5.41) is 18.7. The molecule has 2 aliphatic heterocycles. The van der Waals surface area contributed by atoms with E-state index in [1.54, 1.807) is 21.8 Å². The maximum absolute atomic E-state index is 12.9. The van der Waals surface area contributed by atoms with Gasteiger partial charge in [0.1, 0.15) is 17.6 Å². The average molecular weight is 635 g/mol. The van der Waals surface area contributed by atoms with Gasteiger partial charge in [-0.1, -0.05) is 31.5 Å². The summed E-state index contributed by atoms with van der Waals surface area (Å²) < 4.78 is 33.1. The van der Waals surface area contributed by atoms with Gasteiger partial charge in [-0.3, -0.25) is 9.69 Å². The van der Waals surface area contributed by atoms with Crippen molar-refractivity contribution >= 4 is 44.1 Å². The Morgan fingerprint density at radius 2 is 2.00 bits per heavy atom. The van der Waals surface area contributed by atoms with E-state index in [9.17, 15) is 18.5 Å². The number of ether oxygens (including phenoxy) is 1. The Hall–Kier alpha value is -4.12. The van der Waals surface area contributed by atoms with Gasteiger partial charge in [-0.15, -0.1) is 0 Å². The third-order valence-electron chi connectivity index (χ3n) is 7.95. The maximum Gasteiger partial charge on any atom is 0.265 e. The number of hydrogen-bond acceptors (Lipinski definition) is 10. The lowest BCUT2D eigenvalue weighted by Gasteiger charge is -2.31. The van der Waals surface area contributed by atoms with Gasteiger partial charge in [0.25, 0.3) is 5.91 Å². The molecule has 44 heavy (non-hydrogen) atoms. The summed E-state index contributed by atoms with van der Waals surface area (Å²) in [7, 11) is -3.39. The maximum atomic E-state index is 12.9. The third kappa shape index (κ3) is 5.60. The first kappa shape index (κ1) is 29.9. The van der Waals surface area contributed by atoms with Crippen molar-refractivity contribution in [3.05, 3.63) is 58.9 Å². The van der Waals surface area contributed by atoms with Crippen LogP contribution in [0.25, 0.3) is 22.2 Å². The van der Waals surface area contributed by atoms with Gasteiger partial charge in [0.15, 0.2) is 22.1 Å². The fourth-order valence-electron chi connectivity index (χ4n) is 5.93. The molecule has 0 bridgehead atoms. The smallest absolute Gasteiger partial charge is 0.265 e. The third-order valence-corrected chi connectivity index (χ3v) is 9.73. The zero-order valence-electron chi connectivity index (χ0n) is 24.5. The zero-order chi connectivity index (χ0) is 31.2. The lowest BCUT2D eigenvalue weighted by molar-refractivity contribution is -0.121. The summed E-state index contributed by atoms with van der Waals surface area (Å²) in [6.45, 7) is 5.06. The molecule has 2 aliphatic rings. The molecule has 0 radical (unpaired) electrons. The Labute approximate surface area is 259 Å². The van der Waals surface area contributed by atoms with Crippen LogP contribution in [0.3, 0.4) is 0 Å². The fourth-order valence-corrected chi connectivity index (χ4v) is 7.27. The molecule has 3 aromatic heterocycles. The lowest BCUT2D eigenvalue weighted by Crippen LogP contribution is -2.46. The van der Waals surface area contributed by atoms with Crippen molar-refractivity contribution in [3.63, 3.8) is 0 Å². The number of hydrogen-bond donors (Lipinski definition) is 1. The van der Waals surface area contributed by atoms with Crippen LogP contribution in [-0.4, -0.2) is 70.3 Å². The number of nitriles is 1. The van der Waals surface area contributed by atoms with Crippen LogP contribution in [0, 0.1) is 17.2 Å². The molecule has 4 aromatic rings. The molecule has 1 amide bonds. The fraction of sp³-hybridized carbons (Fsp3) is 0.400. The molecular formula is C30H31ClN8O4S. The summed E-state index contributed by atoms with van der Waals surface area (Å²) in [5.41, 5.74) is 3.46. The number of sulfone groups is 1. The van der Waals surface area contributed by atoms with Gasteiger partial charge < -0.3 is 10.1 Å². The number of fused-ring (bicyclic) bond motifs is 2. The Balaban J connectivity index is 1.49. The summed E-state index contributed by atoms with van der Waals surface area (Å²) in [6.07, 6.45) is 6.98. The highest BCUT2D eigenvalue weighted by Crippen LogP contribution is 2.41. The second-order valence-corrected chi connectivity index (χ2v) is 14.2. The van der Waals surface area contributed by atoms with E-state index >= 15 is 0 Å². The molecule has 2 atom stereocenters. The van der Waals surface area contributed by atoms with Crippen molar-refractivity contribution in [2.45, 2.75) is 44.5 Å². The predicted octanol–water partition coefficient (Wildman–Crippen LogP) is 3.49. The van der Waals surface area contributed by atoms with Crippen molar-refractivity contribution in [1.29, 1.82) is 5.26 Å². The minimum absolute atomic E-state index is 0.137. The van der Waals surface area contributed by atoms with Crippen molar-refractivity contribution in [2.75, 3.05) is 30.9 Å². The van der Waals surface area contributed by atoms with Crippen LogP contribution >= 0.6 is 11.6 Å². The number of nitrogens with one attached hydrogen (secondary N) is 1. The molecule has 0 aliphatic carbocycles. The first-order valence-electron chi connectivity index (χ1n) is 14.3. The number of nitrogens with zero attached hydrogens (tertiary/aromatic N) is 7.